The summed E-state index contributed by atoms with van der Waals surface area (Å²) >= 11 is 0. The standard InChI is InChI=1S/C23H23N3O4S/c1-2-17-11-13-19(14-12-17)22(27)25-26-23(28)20-9-6-10-21(15-20)31(29,30)24-16-18-7-4-3-5-8-18/h3-15,24H,2,16H2,1H3,(H,25,27)(H,26,28). The third-order valence-electron chi connectivity index (χ3n) is 4.63. The molecule has 0 saturated heterocycles. The summed E-state index contributed by atoms with van der Waals surface area (Å²) in [6, 6.07) is 21.7. The first kappa shape index (κ1) is 22.2. The van der Waals surface area contributed by atoms with Gasteiger partial charge in [0.1, 0.15) is 0 Å². The summed E-state index contributed by atoms with van der Waals surface area (Å²) in [6.07, 6.45) is 0.859. The topological polar surface area (TPSA) is 104 Å². The molecule has 0 saturated carbocycles. The molecule has 0 radical (unpaired) electrons. The van der Waals surface area contributed by atoms with Gasteiger partial charge in [0, 0.05) is 17.7 Å². The van der Waals surface area contributed by atoms with Crippen molar-refractivity contribution in [3.05, 3.63) is 101 Å². The Morgan fingerprint density at radius 1 is 0.742 bits per heavy atom. The van der Waals surface area contributed by atoms with E-state index in [0.717, 1.165) is 17.5 Å². The second-order valence-corrected chi connectivity index (χ2v) is 8.56. The molecule has 0 heterocycles. The van der Waals surface area contributed by atoms with Crippen LogP contribution >= 0.6 is 0 Å². The van der Waals surface area contributed by atoms with Crippen molar-refractivity contribution in [3.8, 4) is 0 Å². The van der Waals surface area contributed by atoms with Gasteiger partial charge in [-0.25, -0.2) is 13.1 Å². The van der Waals surface area contributed by atoms with Crippen molar-refractivity contribution in [1.82, 2.24) is 15.6 Å². The molecule has 0 unspecified atom stereocenters. The van der Waals surface area contributed by atoms with Crippen molar-refractivity contribution in [2.45, 2.75) is 24.8 Å². The maximum Gasteiger partial charge on any atom is 0.269 e. The van der Waals surface area contributed by atoms with Gasteiger partial charge in [-0.05, 0) is 47.9 Å². The number of benzene rings is 3. The molecule has 3 aromatic rings. The molecule has 3 rings (SSSR count). The molecule has 160 valence electrons. The van der Waals surface area contributed by atoms with Crippen molar-refractivity contribution in [2.75, 3.05) is 0 Å². The highest BCUT2D eigenvalue weighted by molar-refractivity contribution is 7.89. The molecule has 2 amide bonds. The number of aryl methyl sites for hydroxylation is 1. The second kappa shape index (κ2) is 10.0. The fourth-order valence-corrected chi connectivity index (χ4v) is 3.87. The Morgan fingerprint density at radius 2 is 1.39 bits per heavy atom. The van der Waals surface area contributed by atoms with E-state index >= 15 is 0 Å². The number of carbonyl (C=O) groups excluding carboxylic acids is 2. The SMILES string of the molecule is CCc1ccc(C(=O)NNC(=O)c2cccc(S(=O)(=O)NCc3ccccc3)c2)cc1. The summed E-state index contributed by atoms with van der Waals surface area (Å²) in [7, 11) is -3.81. The van der Waals surface area contributed by atoms with Crippen molar-refractivity contribution in [2.24, 2.45) is 0 Å². The van der Waals surface area contributed by atoms with Crippen molar-refractivity contribution >= 4 is 21.8 Å². The zero-order valence-electron chi connectivity index (χ0n) is 17.0. The summed E-state index contributed by atoms with van der Waals surface area (Å²) in [6.45, 7) is 2.15. The average Bonchev–Trinajstić information content (AvgIpc) is 2.82. The maximum atomic E-state index is 12.6. The van der Waals surface area contributed by atoms with Gasteiger partial charge in [-0.3, -0.25) is 20.4 Å². The summed E-state index contributed by atoms with van der Waals surface area (Å²) in [5, 5.41) is 0. The van der Waals surface area contributed by atoms with Crippen LogP contribution in [0.1, 0.15) is 38.8 Å². The van der Waals surface area contributed by atoms with E-state index in [1.54, 1.807) is 12.1 Å². The number of amides is 2. The van der Waals surface area contributed by atoms with Gasteiger partial charge in [0.25, 0.3) is 11.8 Å². The van der Waals surface area contributed by atoms with Crippen LogP contribution in [0.25, 0.3) is 0 Å². The highest BCUT2D eigenvalue weighted by Crippen LogP contribution is 2.12. The van der Waals surface area contributed by atoms with Crippen LogP contribution in [0.3, 0.4) is 0 Å². The Balaban J connectivity index is 1.63. The molecule has 0 spiro atoms. The molecule has 8 heteroatoms. The van der Waals surface area contributed by atoms with E-state index in [4.69, 9.17) is 0 Å². The minimum Gasteiger partial charge on any atom is -0.267 e. The Labute approximate surface area is 181 Å². The normalized spacial score (nSPS) is 11.0. The van der Waals surface area contributed by atoms with Crippen LogP contribution in [-0.2, 0) is 23.0 Å². The van der Waals surface area contributed by atoms with Gasteiger partial charge in [0.05, 0.1) is 4.90 Å². The molecule has 0 aromatic heterocycles. The third-order valence-corrected chi connectivity index (χ3v) is 6.03. The van der Waals surface area contributed by atoms with Crippen LogP contribution in [0, 0.1) is 0 Å². The largest absolute Gasteiger partial charge is 0.269 e. The van der Waals surface area contributed by atoms with E-state index < -0.39 is 21.8 Å². The fourth-order valence-electron chi connectivity index (χ4n) is 2.81. The van der Waals surface area contributed by atoms with Gasteiger partial charge in [0.15, 0.2) is 0 Å². The molecule has 0 atom stereocenters. The van der Waals surface area contributed by atoms with Crippen molar-refractivity contribution in [1.29, 1.82) is 0 Å². The number of hydrazine groups is 1. The minimum absolute atomic E-state index is 0.0439. The molecular weight excluding hydrogens is 414 g/mol. The molecule has 7 nitrogen and oxygen atoms in total. The van der Waals surface area contributed by atoms with E-state index in [9.17, 15) is 18.0 Å². The highest BCUT2D eigenvalue weighted by Gasteiger charge is 2.16. The zero-order chi connectivity index (χ0) is 22.3. The van der Waals surface area contributed by atoms with Crippen molar-refractivity contribution < 1.29 is 18.0 Å². The molecule has 3 aromatic carbocycles. The first-order chi connectivity index (χ1) is 14.9. The number of hydrogen-bond acceptors (Lipinski definition) is 4. The summed E-state index contributed by atoms with van der Waals surface area (Å²) in [5.74, 6) is -1.09. The predicted octanol–water partition coefficient (Wildman–Crippen LogP) is 2.80. The number of sulfonamides is 1. The van der Waals surface area contributed by atoms with Crippen molar-refractivity contribution in [3.63, 3.8) is 0 Å². The number of carbonyl (C=O) groups is 2. The molecule has 31 heavy (non-hydrogen) atoms. The summed E-state index contributed by atoms with van der Waals surface area (Å²) < 4.78 is 27.7. The molecule has 0 aliphatic carbocycles. The Hall–Kier alpha value is -3.49. The minimum atomic E-state index is -3.81. The summed E-state index contributed by atoms with van der Waals surface area (Å²) in [4.78, 5) is 24.5. The van der Waals surface area contributed by atoms with Gasteiger partial charge in [-0.15, -0.1) is 0 Å². The van der Waals surface area contributed by atoms with Crippen LogP contribution in [-0.4, -0.2) is 20.2 Å². The lowest BCUT2D eigenvalue weighted by Gasteiger charge is -2.10. The molecule has 0 aliphatic heterocycles. The smallest absolute Gasteiger partial charge is 0.267 e. The van der Waals surface area contributed by atoms with Gasteiger partial charge in [0.2, 0.25) is 10.0 Å². The number of hydrogen-bond donors (Lipinski definition) is 3. The van der Waals surface area contributed by atoms with Crippen LogP contribution < -0.4 is 15.6 Å². The number of rotatable bonds is 7. The molecule has 3 N–H and O–H groups in total. The van der Waals surface area contributed by atoms with E-state index in [2.05, 4.69) is 15.6 Å². The lowest BCUT2D eigenvalue weighted by molar-refractivity contribution is 0.0846. The average molecular weight is 438 g/mol. The maximum absolute atomic E-state index is 12.6. The molecule has 0 aliphatic rings. The van der Waals surface area contributed by atoms with Gasteiger partial charge in [-0.2, -0.15) is 0 Å². The van der Waals surface area contributed by atoms with E-state index in [0.29, 0.717) is 5.56 Å². The van der Waals surface area contributed by atoms with Crippen LogP contribution in [0.15, 0.2) is 83.8 Å². The van der Waals surface area contributed by atoms with Crippen LogP contribution in [0.2, 0.25) is 0 Å². The lowest BCUT2D eigenvalue weighted by Crippen LogP contribution is -2.41. The summed E-state index contributed by atoms with van der Waals surface area (Å²) in [5.41, 5.74) is 7.06. The number of nitrogens with one attached hydrogen (secondary N) is 3. The first-order valence-corrected chi connectivity index (χ1v) is 11.2. The van der Waals surface area contributed by atoms with Gasteiger partial charge < -0.3 is 0 Å². The Bertz CT molecular complexity index is 1160. The van der Waals surface area contributed by atoms with Crippen LogP contribution in [0.5, 0.6) is 0 Å². The highest BCUT2D eigenvalue weighted by atomic mass is 32.2. The quantitative estimate of drug-likeness (QED) is 0.495. The lowest BCUT2D eigenvalue weighted by atomic mass is 10.1. The zero-order valence-corrected chi connectivity index (χ0v) is 17.8. The predicted molar refractivity (Wildman–Crippen MR) is 118 cm³/mol. The van der Waals surface area contributed by atoms with E-state index in [1.807, 2.05) is 49.4 Å². The molecule has 0 bridgehead atoms. The van der Waals surface area contributed by atoms with Crippen LogP contribution in [0.4, 0.5) is 0 Å². The van der Waals surface area contributed by atoms with Gasteiger partial charge >= 0.3 is 0 Å². The van der Waals surface area contributed by atoms with E-state index in [-0.39, 0.29) is 17.0 Å². The Morgan fingerprint density at radius 3 is 2.03 bits per heavy atom. The molecular formula is C23H23N3O4S. The second-order valence-electron chi connectivity index (χ2n) is 6.80. The Kier molecular flexibility index (Phi) is 7.17. The molecule has 0 fully saturated rings. The van der Waals surface area contributed by atoms with Gasteiger partial charge in [-0.1, -0.05) is 55.5 Å². The fraction of sp³-hybridized carbons (Fsp3) is 0.130. The van der Waals surface area contributed by atoms with E-state index in [1.165, 1.54) is 24.3 Å². The third kappa shape index (κ3) is 6.00. The monoisotopic (exact) mass is 437 g/mol. The first-order valence-electron chi connectivity index (χ1n) is 9.72.